The van der Waals surface area contributed by atoms with Gasteiger partial charge in [0, 0.05) is 33.2 Å². The van der Waals surface area contributed by atoms with Crippen molar-refractivity contribution < 1.29 is 16.8 Å². The first-order valence-corrected chi connectivity index (χ1v) is 17.7. The number of hydrogen-bond donors (Lipinski definition) is 0. The van der Waals surface area contributed by atoms with E-state index in [2.05, 4.69) is 77.7 Å². The Morgan fingerprint density at radius 3 is 1.63 bits per heavy atom. The van der Waals surface area contributed by atoms with Crippen LogP contribution in [0.1, 0.15) is 12.3 Å². The lowest BCUT2D eigenvalue weighted by Crippen LogP contribution is -2.09. The average Bonchev–Trinajstić information content (AvgIpc) is 3.71. The first kappa shape index (κ1) is 23.4. The first-order chi connectivity index (χ1) is 30.5. The summed E-state index contributed by atoms with van der Waals surface area (Å²) in [4.78, 5) is 2.21. The van der Waals surface area contributed by atoms with E-state index in [0.717, 1.165) is 44.7 Å². The Kier molecular flexibility index (Phi) is 5.82. The Bertz CT molecular complexity index is 3370. The third-order valence-electron chi connectivity index (χ3n) is 9.83. The lowest BCUT2D eigenvalue weighted by molar-refractivity contribution is 0.673. The minimum absolute atomic E-state index is 0.0215. The lowest BCUT2D eigenvalue weighted by atomic mass is 9.92. The molecule has 0 fully saturated rings. The lowest BCUT2D eigenvalue weighted by Gasteiger charge is -2.26. The molecule has 0 atom stereocenters. The summed E-state index contributed by atoms with van der Waals surface area (Å²) in [5.41, 5.74) is 8.04. The molecule has 0 unspecified atom stereocenters. The molecule has 9 aromatic carbocycles. The molecule has 0 amide bonds. The molecule has 0 aliphatic carbocycles. The minimum atomic E-state index is -0.622. The molecule has 0 N–H and O–H groups in total. The second-order valence-corrected chi connectivity index (χ2v) is 13.0. The van der Waals surface area contributed by atoms with Gasteiger partial charge in [-0.2, -0.15) is 0 Å². The molecular formula is C52H35NO. The maximum absolute atomic E-state index is 9.29. The number of furan rings is 1. The number of hydrogen-bond acceptors (Lipinski definition) is 2. The number of rotatable bonds is 7. The average molecular weight is 699 g/mol. The van der Waals surface area contributed by atoms with Gasteiger partial charge in [0.05, 0.1) is 12.3 Å². The predicted molar refractivity (Wildman–Crippen MR) is 228 cm³/mol. The van der Waals surface area contributed by atoms with E-state index in [-0.39, 0.29) is 16.7 Å². The molecule has 0 saturated heterocycles. The number of para-hydroxylation sites is 1. The largest absolute Gasteiger partial charge is 0.455 e. The van der Waals surface area contributed by atoms with Crippen LogP contribution in [0, 0.1) is 0 Å². The van der Waals surface area contributed by atoms with Crippen LogP contribution in [0.2, 0.25) is 0 Å². The van der Waals surface area contributed by atoms with E-state index in [4.69, 9.17) is 14.0 Å². The molecule has 0 aliphatic heterocycles. The molecule has 0 radical (unpaired) electrons. The Morgan fingerprint density at radius 1 is 0.370 bits per heavy atom. The predicted octanol–water partition coefficient (Wildman–Crippen LogP) is 14.9. The molecule has 10 rings (SSSR count). The van der Waals surface area contributed by atoms with Gasteiger partial charge in [0.2, 0.25) is 0 Å². The molecule has 2 nitrogen and oxygen atoms in total. The third kappa shape index (κ3) is 5.62. The van der Waals surface area contributed by atoms with E-state index in [1.165, 1.54) is 0 Å². The molecule has 54 heavy (non-hydrogen) atoms. The molecule has 1 heterocycles. The van der Waals surface area contributed by atoms with Gasteiger partial charge < -0.3 is 9.32 Å². The van der Waals surface area contributed by atoms with Crippen LogP contribution in [0.15, 0.2) is 217 Å². The van der Waals surface area contributed by atoms with E-state index in [9.17, 15) is 2.74 Å². The van der Waals surface area contributed by atoms with Gasteiger partial charge in [-0.3, -0.25) is 0 Å². The van der Waals surface area contributed by atoms with Gasteiger partial charge in [0.15, 0.2) is 0 Å². The fraction of sp³-hybridized carbons (Fsp3) is 0. The minimum Gasteiger partial charge on any atom is -0.455 e. The van der Waals surface area contributed by atoms with Crippen LogP contribution in [0.25, 0.3) is 77.2 Å². The topological polar surface area (TPSA) is 16.4 Å². The first-order valence-electron chi connectivity index (χ1n) is 22.2. The Hall–Kier alpha value is -7.16. The zero-order chi connectivity index (χ0) is 43.7. The molecule has 0 bridgehead atoms. The van der Waals surface area contributed by atoms with Crippen molar-refractivity contribution in [3.63, 3.8) is 0 Å². The smallest absolute Gasteiger partial charge is 0.143 e. The zero-order valence-electron chi connectivity index (χ0n) is 37.9. The van der Waals surface area contributed by atoms with E-state index in [0.29, 0.717) is 32.9 Å². The summed E-state index contributed by atoms with van der Waals surface area (Å²) >= 11 is 0. The summed E-state index contributed by atoms with van der Waals surface area (Å²) in [6.45, 7) is 0. The number of nitrogens with zero attached hydrogens (tertiary/aromatic N) is 1. The van der Waals surface area contributed by atoms with Gasteiger partial charge in [0.25, 0.3) is 0 Å². The van der Waals surface area contributed by atoms with Crippen LogP contribution in [0.3, 0.4) is 0 Å². The van der Waals surface area contributed by atoms with E-state index in [1.54, 1.807) is 0 Å². The van der Waals surface area contributed by atoms with Crippen molar-refractivity contribution in [1.29, 1.82) is 0 Å². The number of anilines is 3. The fourth-order valence-electron chi connectivity index (χ4n) is 7.29. The molecule has 1 aromatic heterocycles. The molecular weight excluding hydrogens is 655 g/mol. The SMILES string of the molecule is [2H]c1c([2H])c([2H])c(-c2c([2H])c([2H])c(-c3cc4c(oc5cccc(-c6ccc(N(c7ccccc7)c7ccc(-c8ccccc8)cc7)cc6)c54)c4ccccc34)c([2H])c2[2H])c([2H])c1[2H]. The Balaban J connectivity index is 1.12. The summed E-state index contributed by atoms with van der Waals surface area (Å²) < 4.78 is 85.0. The highest BCUT2D eigenvalue weighted by molar-refractivity contribution is 6.22. The third-order valence-corrected chi connectivity index (χ3v) is 9.83. The molecule has 10 aromatic rings. The monoisotopic (exact) mass is 698 g/mol. The number of benzene rings is 9. The summed E-state index contributed by atoms with van der Waals surface area (Å²) in [7, 11) is 0. The normalized spacial score (nSPS) is 13.7. The van der Waals surface area contributed by atoms with Gasteiger partial charge in [-0.1, -0.05) is 164 Å². The van der Waals surface area contributed by atoms with E-state index in [1.807, 2.05) is 84.9 Å². The molecule has 0 aliphatic rings. The van der Waals surface area contributed by atoms with Gasteiger partial charge >= 0.3 is 0 Å². The summed E-state index contributed by atoms with van der Waals surface area (Å²) in [6.07, 6.45) is 0. The summed E-state index contributed by atoms with van der Waals surface area (Å²) in [6, 6.07) is 47.7. The van der Waals surface area contributed by atoms with E-state index < -0.39 is 54.4 Å². The molecule has 2 heteroatoms. The highest BCUT2D eigenvalue weighted by atomic mass is 16.3. The van der Waals surface area contributed by atoms with Crippen molar-refractivity contribution >= 4 is 49.8 Å². The molecule has 254 valence electrons. The second-order valence-electron chi connectivity index (χ2n) is 13.0. The van der Waals surface area contributed by atoms with Gasteiger partial charge in [-0.25, -0.2) is 0 Å². The van der Waals surface area contributed by atoms with E-state index >= 15 is 0 Å². The van der Waals surface area contributed by atoms with Crippen LogP contribution in [0.5, 0.6) is 0 Å². The van der Waals surface area contributed by atoms with Crippen LogP contribution < -0.4 is 4.90 Å². The zero-order valence-corrected chi connectivity index (χ0v) is 28.9. The van der Waals surface area contributed by atoms with Crippen LogP contribution in [-0.2, 0) is 0 Å². The van der Waals surface area contributed by atoms with Crippen molar-refractivity contribution in [2.45, 2.75) is 0 Å². The molecule has 0 saturated carbocycles. The van der Waals surface area contributed by atoms with Crippen LogP contribution in [-0.4, -0.2) is 0 Å². The van der Waals surface area contributed by atoms with Crippen LogP contribution in [0.4, 0.5) is 17.1 Å². The standard InChI is InChI=1S/C52H35NO/c1-4-13-36(14-5-1)38-23-25-41(26-24-38)48-35-49-51-45(21-12-22-50(51)54-52(49)47-20-11-10-19-46(47)48)40-29-33-44(34-30-40)53(42-17-8-3-9-18-42)43-31-27-39(28-32-43)37-15-6-2-7-16-37/h1-35H/i1D,4D,5D,13D,14D,23D,24D,25D,26D. The highest BCUT2D eigenvalue weighted by Crippen LogP contribution is 2.44. The summed E-state index contributed by atoms with van der Waals surface area (Å²) in [5, 5.41) is 2.89. The van der Waals surface area contributed by atoms with Crippen molar-refractivity contribution in [1.82, 2.24) is 0 Å². The van der Waals surface area contributed by atoms with Gasteiger partial charge in [-0.15, -0.1) is 0 Å². The fourth-order valence-corrected chi connectivity index (χ4v) is 7.29. The van der Waals surface area contributed by atoms with Crippen molar-refractivity contribution in [2.24, 2.45) is 0 Å². The maximum Gasteiger partial charge on any atom is 0.143 e. The highest BCUT2D eigenvalue weighted by Gasteiger charge is 2.19. The second kappa shape index (κ2) is 13.4. The van der Waals surface area contributed by atoms with Gasteiger partial charge in [0.1, 0.15) is 11.2 Å². The van der Waals surface area contributed by atoms with Crippen molar-refractivity contribution in [2.75, 3.05) is 4.90 Å². The Morgan fingerprint density at radius 2 is 0.926 bits per heavy atom. The summed E-state index contributed by atoms with van der Waals surface area (Å²) in [5.74, 6) is 0. The molecule has 0 spiro atoms. The number of fused-ring (bicyclic) bond motifs is 5. The van der Waals surface area contributed by atoms with Gasteiger partial charge in [-0.05, 0) is 98.4 Å². The van der Waals surface area contributed by atoms with Crippen molar-refractivity contribution in [3.8, 4) is 44.5 Å². The maximum atomic E-state index is 9.29. The van der Waals surface area contributed by atoms with Crippen LogP contribution >= 0.6 is 0 Å². The van der Waals surface area contributed by atoms with Crippen molar-refractivity contribution in [3.05, 3.63) is 212 Å². The quantitative estimate of drug-likeness (QED) is 0.165. The Labute approximate surface area is 327 Å².